The summed E-state index contributed by atoms with van der Waals surface area (Å²) >= 11 is 0. The maximum absolute atomic E-state index is 10.4. The van der Waals surface area contributed by atoms with Gasteiger partial charge in [-0.1, -0.05) is 25.2 Å². The zero-order chi connectivity index (χ0) is 17.0. The molecule has 24 heavy (non-hydrogen) atoms. The SMILES string of the molecule is CCC1(C(C)O)CCCN(C(C2=CC=CCC2)C2=COC=CO2)C1. The summed E-state index contributed by atoms with van der Waals surface area (Å²) in [5.74, 6) is 0.844. The van der Waals surface area contributed by atoms with Crippen molar-refractivity contribution in [1.29, 1.82) is 0 Å². The summed E-state index contributed by atoms with van der Waals surface area (Å²) in [7, 11) is 0. The molecule has 2 aliphatic heterocycles. The molecule has 0 saturated carbocycles. The predicted molar refractivity (Wildman–Crippen MR) is 94.8 cm³/mol. The van der Waals surface area contributed by atoms with E-state index in [2.05, 4.69) is 30.1 Å². The standard InChI is InChI=1S/C20H29NO3/c1-3-20(16(2)22)10-7-11-21(15-20)19(17-8-5-4-6-9-17)18-14-23-12-13-24-18/h4-5,8,12-14,16,19,22H,3,6-7,9-11,15H2,1-2H3. The number of piperidine rings is 1. The highest BCUT2D eigenvalue weighted by Crippen LogP contribution is 2.40. The fourth-order valence-corrected chi connectivity index (χ4v) is 4.19. The van der Waals surface area contributed by atoms with Crippen LogP contribution in [0.3, 0.4) is 0 Å². The second-order valence-electron chi connectivity index (χ2n) is 7.12. The minimum atomic E-state index is -0.302. The first kappa shape index (κ1) is 17.3. The van der Waals surface area contributed by atoms with Gasteiger partial charge in [-0.3, -0.25) is 4.90 Å². The molecule has 3 aliphatic rings. The molecule has 3 rings (SSSR count). The number of aliphatic hydroxyl groups excluding tert-OH is 1. The molecule has 132 valence electrons. The van der Waals surface area contributed by atoms with Crippen LogP contribution in [0.2, 0.25) is 0 Å². The van der Waals surface area contributed by atoms with Crippen LogP contribution in [0.15, 0.2) is 48.3 Å². The van der Waals surface area contributed by atoms with Gasteiger partial charge in [0.2, 0.25) is 0 Å². The van der Waals surface area contributed by atoms with Crippen molar-refractivity contribution in [2.24, 2.45) is 5.41 Å². The first-order valence-electron chi connectivity index (χ1n) is 9.11. The predicted octanol–water partition coefficient (Wildman–Crippen LogP) is 3.86. The normalized spacial score (nSPS) is 30.0. The lowest BCUT2D eigenvalue weighted by Crippen LogP contribution is -2.53. The number of aliphatic hydroxyl groups is 1. The molecule has 0 amide bonds. The molecule has 3 unspecified atom stereocenters. The van der Waals surface area contributed by atoms with Crippen LogP contribution in [0.25, 0.3) is 0 Å². The van der Waals surface area contributed by atoms with Gasteiger partial charge in [0.1, 0.15) is 18.8 Å². The number of allylic oxidation sites excluding steroid dienone is 3. The molecular weight excluding hydrogens is 302 g/mol. The van der Waals surface area contributed by atoms with Gasteiger partial charge < -0.3 is 14.6 Å². The van der Waals surface area contributed by atoms with Gasteiger partial charge in [0.15, 0.2) is 5.76 Å². The van der Waals surface area contributed by atoms with E-state index in [-0.39, 0.29) is 17.6 Å². The fourth-order valence-electron chi connectivity index (χ4n) is 4.19. The molecule has 0 aromatic carbocycles. The molecule has 0 aromatic rings. The highest BCUT2D eigenvalue weighted by atomic mass is 16.5. The number of likely N-dealkylation sites (tertiary alicyclic amines) is 1. The monoisotopic (exact) mass is 331 g/mol. The fraction of sp³-hybridized carbons (Fsp3) is 0.600. The Kier molecular flexibility index (Phi) is 5.47. The maximum atomic E-state index is 10.4. The Hall–Kier alpha value is -1.52. The van der Waals surface area contributed by atoms with Crippen LogP contribution in [0.4, 0.5) is 0 Å². The van der Waals surface area contributed by atoms with Crippen LogP contribution in [-0.2, 0) is 9.47 Å². The van der Waals surface area contributed by atoms with Crippen LogP contribution in [0, 0.1) is 5.41 Å². The Labute approximate surface area is 145 Å². The topological polar surface area (TPSA) is 41.9 Å². The van der Waals surface area contributed by atoms with Crippen molar-refractivity contribution in [2.75, 3.05) is 13.1 Å². The van der Waals surface area contributed by atoms with Gasteiger partial charge in [0, 0.05) is 12.0 Å². The summed E-state index contributed by atoms with van der Waals surface area (Å²) in [5.41, 5.74) is 1.33. The third-order valence-corrected chi connectivity index (χ3v) is 5.78. The Morgan fingerprint density at radius 3 is 2.88 bits per heavy atom. The van der Waals surface area contributed by atoms with Gasteiger partial charge >= 0.3 is 0 Å². The quantitative estimate of drug-likeness (QED) is 0.830. The van der Waals surface area contributed by atoms with Crippen molar-refractivity contribution in [2.45, 2.75) is 58.1 Å². The number of nitrogens with zero attached hydrogens (tertiary/aromatic N) is 1. The smallest absolute Gasteiger partial charge is 0.160 e. The zero-order valence-electron chi connectivity index (χ0n) is 14.8. The molecule has 1 saturated heterocycles. The van der Waals surface area contributed by atoms with Gasteiger partial charge in [-0.2, -0.15) is 0 Å². The Morgan fingerprint density at radius 1 is 1.38 bits per heavy atom. The molecule has 3 atom stereocenters. The average Bonchev–Trinajstić information content (AvgIpc) is 2.64. The largest absolute Gasteiger partial charge is 0.466 e. The van der Waals surface area contributed by atoms with E-state index in [4.69, 9.17) is 9.47 Å². The van der Waals surface area contributed by atoms with E-state index in [1.807, 2.05) is 6.92 Å². The number of ether oxygens (including phenoxy) is 2. The summed E-state index contributed by atoms with van der Waals surface area (Å²) in [4.78, 5) is 2.47. The van der Waals surface area contributed by atoms with Crippen molar-refractivity contribution >= 4 is 0 Å². The van der Waals surface area contributed by atoms with Crippen LogP contribution < -0.4 is 0 Å². The minimum absolute atomic E-state index is 0.0342. The number of hydrogen-bond acceptors (Lipinski definition) is 4. The van der Waals surface area contributed by atoms with Crippen LogP contribution >= 0.6 is 0 Å². The van der Waals surface area contributed by atoms with Crippen molar-refractivity contribution < 1.29 is 14.6 Å². The third kappa shape index (κ3) is 3.45. The Morgan fingerprint density at radius 2 is 2.25 bits per heavy atom. The summed E-state index contributed by atoms with van der Waals surface area (Å²) in [6.45, 7) is 6.03. The second-order valence-corrected chi connectivity index (χ2v) is 7.12. The van der Waals surface area contributed by atoms with Crippen molar-refractivity contribution in [3.8, 4) is 0 Å². The summed E-state index contributed by atoms with van der Waals surface area (Å²) in [5, 5.41) is 10.4. The van der Waals surface area contributed by atoms with Crippen LogP contribution in [-0.4, -0.2) is 35.2 Å². The van der Waals surface area contributed by atoms with Crippen molar-refractivity contribution in [1.82, 2.24) is 4.90 Å². The molecule has 1 N–H and O–H groups in total. The molecule has 1 aliphatic carbocycles. The van der Waals surface area contributed by atoms with Gasteiger partial charge in [-0.15, -0.1) is 0 Å². The van der Waals surface area contributed by atoms with E-state index >= 15 is 0 Å². The van der Waals surface area contributed by atoms with Crippen molar-refractivity contribution in [3.05, 3.63) is 48.3 Å². The molecule has 2 heterocycles. The van der Waals surface area contributed by atoms with Crippen LogP contribution in [0.1, 0.15) is 46.0 Å². The van der Waals surface area contributed by atoms with E-state index < -0.39 is 0 Å². The van der Waals surface area contributed by atoms with E-state index in [0.717, 1.165) is 51.0 Å². The van der Waals surface area contributed by atoms with E-state index in [0.29, 0.717) is 0 Å². The van der Waals surface area contributed by atoms with E-state index in [1.165, 1.54) is 5.57 Å². The zero-order valence-corrected chi connectivity index (χ0v) is 14.8. The van der Waals surface area contributed by atoms with E-state index in [9.17, 15) is 5.11 Å². The van der Waals surface area contributed by atoms with Gasteiger partial charge in [0.05, 0.1) is 12.1 Å². The third-order valence-electron chi connectivity index (χ3n) is 5.78. The molecule has 4 nitrogen and oxygen atoms in total. The maximum Gasteiger partial charge on any atom is 0.160 e. The summed E-state index contributed by atoms with van der Waals surface area (Å²) in [6, 6.07) is 0.0878. The molecule has 0 aromatic heterocycles. The molecule has 1 fully saturated rings. The van der Waals surface area contributed by atoms with Gasteiger partial charge in [-0.25, -0.2) is 0 Å². The molecular formula is C20H29NO3. The van der Waals surface area contributed by atoms with Crippen molar-refractivity contribution in [3.63, 3.8) is 0 Å². The highest BCUT2D eigenvalue weighted by molar-refractivity contribution is 5.30. The van der Waals surface area contributed by atoms with Crippen LogP contribution in [0.5, 0.6) is 0 Å². The lowest BCUT2D eigenvalue weighted by Gasteiger charge is -2.47. The second kappa shape index (κ2) is 7.58. The summed E-state index contributed by atoms with van der Waals surface area (Å²) < 4.78 is 11.2. The molecule has 0 spiro atoms. The number of hydrogen-bond donors (Lipinski definition) is 1. The number of rotatable bonds is 5. The lowest BCUT2D eigenvalue weighted by atomic mass is 9.73. The Bertz CT molecular complexity index is 561. The van der Waals surface area contributed by atoms with Gasteiger partial charge in [0.25, 0.3) is 0 Å². The van der Waals surface area contributed by atoms with Gasteiger partial charge in [-0.05, 0) is 51.1 Å². The first-order chi connectivity index (χ1) is 11.7. The lowest BCUT2D eigenvalue weighted by molar-refractivity contribution is -0.0345. The molecule has 0 bridgehead atoms. The molecule has 4 heteroatoms. The average molecular weight is 331 g/mol. The molecule has 0 radical (unpaired) electrons. The highest BCUT2D eigenvalue weighted by Gasteiger charge is 2.42. The Balaban J connectivity index is 1.88. The summed E-state index contributed by atoms with van der Waals surface area (Å²) in [6.07, 6.45) is 16.4. The first-order valence-corrected chi connectivity index (χ1v) is 9.11. The minimum Gasteiger partial charge on any atom is -0.466 e. The van der Waals surface area contributed by atoms with E-state index in [1.54, 1.807) is 18.8 Å².